The summed E-state index contributed by atoms with van der Waals surface area (Å²) in [6.45, 7) is 4.31. The molecule has 0 unspecified atom stereocenters. The third-order valence-corrected chi connectivity index (χ3v) is 4.67. The Labute approximate surface area is 119 Å². The summed E-state index contributed by atoms with van der Waals surface area (Å²) in [5, 5.41) is 0. The summed E-state index contributed by atoms with van der Waals surface area (Å²) in [6, 6.07) is 3.90. The smallest absolute Gasteiger partial charge is 0.245 e. The Bertz CT molecular complexity index is 547. The number of sulfonamides is 1. The normalized spacial score (nSPS) is 12.3. The predicted octanol–water partition coefficient (Wildman–Crippen LogP) is 1.33. The highest BCUT2D eigenvalue weighted by Crippen LogP contribution is 2.19. The van der Waals surface area contributed by atoms with Gasteiger partial charge in [-0.05, 0) is 31.5 Å². The van der Waals surface area contributed by atoms with Gasteiger partial charge in [-0.25, -0.2) is 12.8 Å². The van der Waals surface area contributed by atoms with Gasteiger partial charge in [0.1, 0.15) is 10.7 Å². The lowest BCUT2D eigenvalue weighted by Gasteiger charge is -2.18. The quantitative estimate of drug-likeness (QED) is 0.825. The van der Waals surface area contributed by atoms with E-state index in [0.29, 0.717) is 5.56 Å². The van der Waals surface area contributed by atoms with E-state index in [1.54, 1.807) is 0 Å². The second-order valence-electron chi connectivity index (χ2n) is 4.72. The summed E-state index contributed by atoms with van der Waals surface area (Å²) in [6.07, 6.45) is 0.0201. The highest BCUT2D eigenvalue weighted by atomic mass is 32.2. The summed E-state index contributed by atoms with van der Waals surface area (Å²) < 4.78 is 44.7. The van der Waals surface area contributed by atoms with Crippen molar-refractivity contribution < 1.29 is 17.5 Å². The van der Waals surface area contributed by atoms with Gasteiger partial charge in [0.25, 0.3) is 0 Å². The molecule has 0 atom stereocenters. The molecular weight excluding hydrogens is 283 g/mol. The summed E-state index contributed by atoms with van der Waals surface area (Å²) in [4.78, 5) is -0.346. The first-order valence-corrected chi connectivity index (χ1v) is 7.79. The molecule has 0 aliphatic rings. The highest BCUT2D eigenvalue weighted by Gasteiger charge is 2.24. The average Bonchev–Trinajstić information content (AvgIpc) is 2.37. The third kappa shape index (κ3) is 4.24. The van der Waals surface area contributed by atoms with Crippen LogP contribution in [0, 0.1) is 5.82 Å². The monoisotopic (exact) mass is 304 g/mol. The van der Waals surface area contributed by atoms with Crippen molar-refractivity contribution in [2.75, 3.05) is 20.2 Å². The van der Waals surface area contributed by atoms with Crippen LogP contribution in [-0.4, -0.2) is 39.0 Å². The third-order valence-electron chi connectivity index (χ3n) is 2.78. The van der Waals surface area contributed by atoms with Gasteiger partial charge in [-0.1, -0.05) is 6.07 Å². The first kappa shape index (κ1) is 17.0. The van der Waals surface area contributed by atoms with Crippen molar-refractivity contribution in [2.24, 2.45) is 5.73 Å². The van der Waals surface area contributed by atoms with Crippen molar-refractivity contribution in [2.45, 2.75) is 31.4 Å². The maximum Gasteiger partial charge on any atom is 0.245 e. The lowest BCUT2D eigenvalue weighted by molar-refractivity contribution is 0.0737. The van der Waals surface area contributed by atoms with E-state index in [4.69, 9.17) is 10.5 Å². The molecule has 0 radical (unpaired) electrons. The first-order valence-electron chi connectivity index (χ1n) is 6.35. The van der Waals surface area contributed by atoms with Crippen LogP contribution < -0.4 is 5.73 Å². The molecule has 0 amide bonds. The number of nitrogens with zero attached hydrogens (tertiary/aromatic N) is 1. The topological polar surface area (TPSA) is 72.6 Å². The van der Waals surface area contributed by atoms with E-state index in [-0.39, 0.29) is 30.7 Å². The zero-order valence-corrected chi connectivity index (χ0v) is 12.8. The number of hydrogen-bond donors (Lipinski definition) is 1. The number of hydrogen-bond acceptors (Lipinski definition) is 4. The van der Waals surface area contributed by atoms with Crippen molar-refractivity contribution in [3.05, 3.63) is 29.6 Å². The van der Waals surface area contributed by atoms with Crippen LogP contribution in [0.5, 0.6) is 0 Å². The SMILES string of the molecule is CC(C)OCCN(C)S(=O)(=O)c1ccc(CN)cc1F. The van der Waals surface area contributed by atoms with E-state index in [2.05, 4.69) is 0 Å². The molecule has 0 bridgehead atoms. The van der Waals surface area contributed by atoms with Gasteiger partial charge in [0, 0.05) is 20.1 Å². The van der Waals surface area contributed by atoms with Crippen LogP contribution in [0.4, 0.5) is 4.39 Å². The molecule has 0 aliphatic heterocycles. The molecule has 0 aliphatic carbocycles. The lowest BCUT2D eigenvalue weighted by atomic mass is 10.2. The second kappa shape index (κ2) is 7.12. The molecule has 20 heavy (non-hydrogen) atoms. The average molecular weight is 304 g/mol. The zero-order chi connectivity index (χ0) is 15.3. The van der Waals surface area contributed by atoms with Gasteiger partial charge in [0.2, 0.25) is 10.0 Å². The molecule has 1 rings (SSSR count). The summed E-state index contributed by atoms with van der Waals surface area (Å²) >= 11 is 0. The van der Waals surface area contributed by atoms with Crippen LogP contribution in [0.25, 0.3) is 0 Å². The Morgan fingerprint density at radius 3 is 2.55 bits per heavy atom. The number of ether oxygens (including phenoxy) is 1. The fourth-order valence-electron chi connectivity index (χ4n) is 1.59. The molecule has 2 N–H and O–H groups in total. The molecule has 0 heterocycles. The molecule has 1 aromatic carbocycles. The van der Waals surface area contributed by atoms with Gasteiger partial charge in [-0.2, -0.15) is 4.31 Å². The van der Waals surface area contributed by atoms with Gasteiger partial charge in [-0.15, -0.1) is 0 Å². The Balaban J connectivity index is 2.87. The van der Waals surface area contributed by atoms with Crippen molar-refractivity contribution in [1.82, 2.24) is 4.31 Å². The number of benzene rings is 1. The summed E-state index contributed by atoms with van der Waals surface area (Å²) in [5.41, 5.74) is 5.94. The molecule has 5 nitrogen and oxygen atoms in total. The van der Waals surface area contributed by atoms with Crippen LogP contribution >= 0.6 is 0 Å². The molecule has 0 fully saturated rings. The second-order valence-corrected chi connectivity index (χ2v) is 6.73. The minimum atomic E-state index is -3.86. The van der Waals surface area contributed by atoms with Gasteiger partial charge in [-0.3, -0.25) is 0 Å². The van der Waals surface area contributed by atoms with Crippen molar-refractivity contribution in [3.8, 4) is 0 Å². The fraction of sp³-hybridized carbons (Fsp3) is 0.538. The van der Waals surface area contributed by atoms with Crippen molar-refractivity contribution in [1.29, 1.82) is 0 Å². The minimum Gasteiger partial charge on any atom is -0.377 e. The van der Waals surface area contributed by atoms with E-state index in [0.717, 1.165) is 10.4 Å². The van der Waals surface area contributed by atoms with Crippen LogP contribution in [0.3, 0.4) is 0 Å². The minimum absolute atomic E-state index is 0.0201. The van der Waals surface area contributed by atoms with Gasteiger partial charge >= 0.3 is 0 Å². The van der Waals surface area contributed by atoms with Crippen molar-refractivity contribution in [3.63, 3.8) is 0 Å². The van der Waals surface area contributed by atoms with E-state index in [1.807, 2.05) is 13.8 Å². The molecule has 7 heteroatoms. The maximum absolute atomic E-state index is 13.9. The van der Waals surface area contributed by atoms with E-state index >= 15 is 0 Å². The Hall–Kier alpha value is -1.02. The zero-order valence-electron chi connectivity index (χ0n) is 12.0. The highest BCUT2D eigenvalue weighted by molar-refractivity contribution is 7.89. The summed E-state index contributed by atoms with van der Waals surface area (Å²) in [5.74, 6) is -0.787. The largest absolute Gasteiger partial charge is 0.377 e. The van der Waals surface area contributed by atoms with Crippen LogP contribution in [0.2, 0.25) is 0 Å². The Morgan fingerprint density at radius 1 is 1.40 bits per heavy atom. The van der Waals surface area contributed by atoms with Gasteiger partial charge < -0.3 is 10.5 Å². The number of nitrogens with two attached hydrogens (primary N) is 1. The maximum atomic E-state index is 13.9. The molecular formula is C13H21FN2O3S. The fourth-order valence-corrected chi connectivity index (χ4v) is 2.78. The van der Waals surface area contributed by atoms with E-state index in [1.165, 1.54) is 19.2 Å². The lowest BCUT2D eigenvalue weighted by Crippen LogP contribution is -2.31. The Morgan fingerprint density at radius 2 is 2.05 bits per heavy atom. The first-order chi connectivity index (χ1) is 9.28. The molecule has 0 spiro atoms. The molecule has 0 saturated heterocycles. The molecule has 114 valence electrons. The number of halogens is 1. The molecule has 0 saturated carbocycles. The Kier molecular flexibility index (Phi) is 6.07. The van der Waals surface area contributed by atoms with E-state index < -0.39 is 15.8 Å². The van der Waals surface area contributed by atoms with Crippen molar-refractivity contribution >= 4 is 10.0 Å². The molecule has 1 aromatic rings. The predicted molar refractivity (Wildman–Crippen MR) is 75.2 cm³/mol. The van der Waals surface area contributed by atoms with E-state index in [9.17, 15) is 12.8 Å². The van der Waals surface area contributed by atoms with Crippen LogP contribution in [0.1, 0.15) is 19.4 Å². The number of likely N-dealkylation sites (N-methyl/N-ethyl adjacent to an activating group) is 1. The van der Waals surface area contributed by atoms with Crippen LogP contribution in [0.15, 0.2) is 23.1 Å². The standard InChI is InChI=1S/C13H21FN2O3S/c1-10(2)19-7-6-16(3)20(17,18)13-5-4-11(9-15)8-12(13)14/h4-5,8,10H,6-7,9,15H2,1-3H3. The number of rotatable bonds is 7. The molecule has 0 aromatic heterocycles. The summed E-state index contributed by atoms with van der Waals surface area (Å²) in [7, 11) is -2.46. The van der Waals surface area contributed by atoms with Crippen LogP contribution in [-0.2, 0) is 21.3 Å². The van der Waals surface area contributed by atoms with Gasteiger partial charge in [0.05, 0.1) is 12.7 Å². The van der Waals surface area contributed by atoms with Gasteiger partial charge in [0.15, 0.2) is 0 Å².